The summed E-state index contributed by atoms with van der Waals surface area (Å²) in [7, 11) is 0. The average Bonchev–Trinajstić information content (AvgIpc) is 3.01. The molecule has 1 aliphatic carbocycles. The number of thiophene rings is 1. The number of carbonyl (C=O) groups excluding carboxylic acids is 1. The van der Waals surface area contributed by atoms with Crippen molar-refractivity contribution in [1.82, 2.24) is 4.90 Å². The highest BCUT2D eigenvalue weighted by Crippen LogP contribution is 2.26. The lowest BCUT2D eigenvalue weighted by atomic mass is 10.1. The number of amides is 1. The first-order valence-corrected chi connectivity index (χ1v) is 7.91. The molecule has 3 heteroatoms. The average molecular weight is 265 g/mol. The molecule has 0 spiro atoms. The lowest BCUT2D eigenvalue weighted by Crippen LogP contribution is -2.39. The maximum absolute atomic E-state index is 12.5. The largest absolute Gasteiger partial charge is 0.335 e. The fourth-order valence-electron chi connectivity index (χ4n) is 2.60. The molecule has 1 aliphatic rings. The van der Waals surface area contributed by atoms with Crippen molar-refractivity contribution in [2.45, 2.75) is 52.0 Å². The minimum Gasteiger partial charge on any atom is -0.335 e. The zero-order valence-corrected chi connectivity index (χ0v) is 12.2. The lowest BCUT2D eigenvalue weighted by molar-refractivity contribution is 0.0677. The fraction of sp³-hybridized carbons (Fsp3) is 0.667. The van der Waals surface area contributed by atoms with Crippen molar-refractivity contribution in [3.63, 3.8) is 0 Å². The molecule has 1 heterocycles. The van der Waals surface area contributed by atoms with Crippen molar-refractivity contribution in [3.8, 4) is 0 Å². The van der Waals surface area contributed by atoms with Crippen molar-refractivity contribution in [2.24, 2.45) is 5.92 Å². The first-order valence-electron chi connectivity index (χ1n) is 7.03. The Morgan fingerprint density at radius 3 is 2.72 bits per heavy atom. The molecule has 0 bridgehead atoms. The second kappa shape index (κ2) is 6.37. The van der Waals surface area contributed by atoms with Crippen LogP contribution in [0.5, 0.6) is 0 Å². The zero-order valence-electron chi connectivity index (χ0n) is 11.4. The Morgan fingerprint density at radius 2 is 2.17 bits per heavy atom. The summed E-state index contributed by atoms with van der Waals surface area (Å²) in [5.74, 6) is 0.905. The Balaban J connectivity index is 2.05. The molecule has 1 saturated carbocycles. The van der Waals surface area contributed by atoms with E-state index >= 15 is 0 Å². The van der Waals surface area contributed by atoms with Crippen LogP contribution in [0.2, 0.25) is 0 Å². The van der Waals surface area contributed by atoms with E-state index in [2.05, 4.69) is 18.7 Å². The van der Waals surface area contributed by atoms with Gasteiger partial charge >= 0.3 is 0 Å². The van der Waals surface area contributed by atoms with Gasteiger partial charge in [-0.25, -0.2) is 0 Å². The molecule has 2 nitrogen and oxygen atoms in total. The molecule has 2 rings (SSSR count). The summed E-state index contributed by atoms with van der Waals surface area (Å²) in [6, 6.07) is 4.40. The minimum atomic E-state index is 0.248. The second-order valence-electron chi connectivity index (χ2n) is 5.60. The number of hydrogen-bond donors (Lipinski definition) is 0. The molecular weight excluding hydrogens is 242 g/mol. The smallest absolute Gasteiger partial charge is 0.264 e. The molecule has 0 N–H and O–H groups in total. The van der Waals surface area contributed by atoms with Crippen LogP contribution < -0.4 is 0 Å². The van der Waals surface area contributed by atoms with Crippen LogP contribution >= 0.6 is 11.3 Å². The lowest BCUT2D eigenvalue weighted by Gasteiger charge is -2.29. The molecule has 18 heavy (non-hydrogen) atoms. The normalized spacial score (nSPS) is 16.4. The molecular formula is C15H23NOS. The molecule has 1 aromatic heterocycles. The van der Waals surface area contributed by atoms with Gasteiger partial charge in [0.25, 0.3) is 5.91 Å². The highest BCUT2D eigenvalue weighted by Gasteiger charge is 2.27. The Bertz CT molecular complexity index is 366. The highest BCUT2D eigenvalue weighted by molar-refractivity contribution is 7.12. The molecule has 1 aromatic rings. The van der Waals surface area contributed by atoms with E-state index in [1.165, 1.54) is 25.7 Å². The topological polar surface area (TPSA) is 20.3 Å². The van der Waals surface area contributed by atoms with Crippen LogP contribution in [0.3, 0.4) is 0 Å². The van der Waals surface area contributed by atoms with Crippen LogP contribution in [0.15, 0.2) is 17.5 Å². The van der Waals surface area contributed by atoms with E-state index in [0.29, 0.717) is 12.0 Å². The summed E-state index contributed by atoms with van der Waals surface area (Å²) in [6.07, 6.45) is 6.04. The maximum Gasteiger partial charge on any atom is 0.264 e. The summed E-state index contributed by atoms with van der Waals surface area (Å²) >= 11 is 1.56. The van der Waals surface area contributed by atoms with Crippen molar-refractivity contribution < 1.29 is 4.79 Å². The fourth-order valence-corrected chi connectivity index (χ4v) is 3.28. The van der Waals surface area contributed by atoms with Gasteiger partial charge < -0.3 is 4.90 Å². The van der Waals surface area contributed by atoms with Gasteiger partial charge in [0.1, 0.15) is 0 Å². The Labute approximate surface area is 114 Å². The number of carbonyl (C=O) groups is 1. The van der Waals surface area contributed by atoms with E-state index in [1.54, 1.807) is 11.3 Å². The van der Waals surface area contributed by atoms with Gasteiger partial charge in [-0.05, 0) is 36.6 Å². The van der Waals surface area contributed by atoms with Crippen molar-refractivity contribution in [2.75, 3.05) is 6.54 Å². The number of rotatable bonds is 5. The van der Waals surface area contributed by atoms with E-state index in [0.717, 1.165) is 17.8 Å². The Morgan fingerprint density at radius 1 is 1.44 bits per heavy atom. The van der Waals surface area contributed by atoms with E-state index in [1.807, 2.05) is 17.5 Å². The van der Waals surface area contributed by atoms with Crippen molar-refractivity contribution in [1.29, 1.82) is 0 Å². The standard InChI is InChI=1S/C15H23NOS/c1-12(2)9-10-16(13-6-3-4-7-13)15(17)14-8-5-11-18-14/h5,8,11-13H,3-4,6-7,9-10H2,1-2H3. The van der Waals surface area contributed by atoms with Crippen LogP contribution in [0.1, 0.15) is 55.6 Å². The summed E-state index contributed by atoms with van der Waals surface area (Å²) in [6.45, 7) is 5.37. The van der Waals surface area contributed by atoms with Gasteiger partial charge in [0, 0.05) is 12.6 Å². The molecule has 0 saturated heterocycles. The molecule has 0 aromatic carbocycles. The maximum atomic E-state index is 12.5. The van der Waals surface area contributed by atoms with Crippen LogP contribution in [0.25, 0.3) is 0 Å². The van der Waals surface area contributed by atoms with Gasteiger partial charge in [-0.3, -0.25) is 4.79 Å². The van der Waals surface area contributed by atoms with Crippen LogP contribution in [-0.2, 0) is 0 Å². The van der Waals surface area contributed by atoms with Gasteiger partial charge in [0.2, 0.25) is 0 Å². The number of nitrogens with zero attached hydrogens (tertiary/aromatic N) is 1. The predicted molar refractivity (Wildman–Crippen MR) is 77.1 cm³/mol. The summed E-state index contributed by atoms with van der Waals surface area (Å²) < 4.78 is 0. The highest BCUT2D eigenvalue weighted by atomic mass is 32.1. The molecule has 0 atom stereocenters. The third-order valence-corrected chi connectivity index (χ3v) is 4.56. The summed E-state index contributed by atoms with van der Waals surface area (Å²) in [4.78, 5) is 15.6. The minimum absolute atomic E-state index is 0.248. The van der Waals surface area contributed by atoms with Gasteiger partial charge in [-0.2, -0.15) is 0 Å². The first kappa shape index (κ1) is 13.6. The number of hydrogen-bond acceptors (Lipinski definition) is 2. The monoisotopic (exact) mass is 265 g/mol. The van der Waals surface area contributed by atoms with Crippen molar-refractivity contribution >= 4 is 17.2 Å². The van der Waals surface area contributed by atoms with Crippen LogP contribution in [-0.4, -0.2) is 23.4 Å². The first-order chi connectivity index (χ1) is 8.68. The van der Waals surface area contributed by atoms with Gasteiger partial charge in [0.15, 0.2) is 0 Å². The van der Waals surface area contributed by atoms with Crippen LogP contribution in [0, 0.1) is 5.92 Å². The molecule has 100 valence electrons. The summed E-state index contributed by atoms with van der Waals surface area (Å²) in [5, 5.41) is 1.99. The Kier molecular flexibility index (Phi) is 4.81. The van der Waals surface area contributed by atoms with E-state index < -0.39 is 0 Å². The van der Waals surface area contributed by atoms with Gasteiger partial charge in [0.05, 0.1) is 4.88 Å². The molecule has 0 radical (unpaired) electrons. The predicted octanol–water partition coefficient (Wildman–Crippen LogP) is 4.18. The SMILES string of the molecule is CC(C)CCN(C(=O)c1cccs1)C1CCCC1. The third kappa shape index (κ3) is 3.35. The molecule has 1 amide bonds. The van der Waals surface area contributed by atoms with E-state index in [9.17, 15) is 4.79 Å². The second-order valence-corrected chi connectivity index (χ2v) is 6.54. The third-order valence-electron chi connectivity index (χ3n) is 3.71. The van der Waals surface area contributed by atoms with Gasteiger partial charge in [-0.1, -0.05) is 32.8 Å². The molecule has 1 fully saturated rings. The van der Waals surface area contributed by atoms with Crippen LogP contribution in [0.4, 0.5) is 0 Å². The van der Waals surface area contributed by atoms with E-state index in [-0.39, 0.29) is 5.91 Å². The van der Waals surface area contributed by atoms with E-state index in [4.69, 9.17) is 0 Å². The quantitative estimate of drug-likeness (QED) is 0.782. The van der Waals surface area contributed by atoms with Crippen molar-refractivity contribution in [3.05, 3.63) is 22.4 Å². The summed E-state index contributed by atoms with van der Waals surface area (Å²) in [5.41, 5.74) is 0. The Hall–Kier alpha value is -0.830. The van der Waals surface area contributed by atoms with Gasteiger partial charge in [-0.15, -0.1) is 11.3 Å². The zero-order chi connectivity index (χ0) is 13.0. The molecule has 0 unspecified atom stereocenters. The molecule has 0 aliphatic heterocycles.